The number of likely N-dealkylation sites (tertiary alicyclic amines) is 1. The van der Waals surface area contributed by atoms with Gasteiger partial charge in [0.2, 0.25) is 0 Å². The number of piperidine rings is 1. The van der Waals surface area contributed by atoms with E-state index in [4.69, 9.17) is 44.2 Å². The molecular formula is C18H27NO11. The number of hydrogen-bond acceptors (Lipinski definition) is 8. The summed E-state index contributed by atoms with van der Waals surface area (Å²) in [5.41, 5.74) is -0.0724. The zero-order chi connectivity index (χ0) is 22.9. The largest absolute Gasteiger partial charge is 0.478 e. The maximum atomic E-state index is 9.55. The number of hydrogen-bond donors (Lipinski definition) is 4. The van der Waals surface area contributed by atoms with E-state index in [9.17, 15) is 9.59 Å². The maximum Gasteiger partial charge on any atom is 0.414 e. The Balaban J connectivity index is 0.000000272. The third kappa shape index (κ3) is 7.71. The van der Waals surface area contributed by atoms with Crippen molar-refractivity contribution in [2.24, 2.45) is 0 Å². The Morgan fingerprint density at radius 2 is 1.37 bits per heavy atom. The lowest BCUT2D eigenvalue weighted by atomic mass is 9.85. The molecule has 3 rings (SSSR count). The van der Waals surface area contributed by atoms with Crippen molar-refractivity contribution in [3.8, 4) is 0 Å². The third-order valence-corrected chi connectivity index (χ3v) is 4.78. The molecule has 0 aromatic heterocycles. The van der Waals surface area contributed by atoms with Crippen molar-refractivity contribution < 1.29 is 53.8 Å². The molecule has 1 spiro atoms. The predicted molar refractivity (Wildman–Crippen MR) is 99.2 cm³/mol. The summed E-state index contributed by atoms with van der Waals surface area (Å²) in [6, 6.07) is 0. The van der Waals surface area contributed by atoms with E-state index in [1.54, 1.807) is 0 Å². The Bertz CT molecular complexity index is 627. The van der Waals surface area contributed by atoms with E-state index in [1.807, 2.05) is 0 Å². The number of fused-ring (bicyclic) bond motifs is 2. The van der Waals surface area contributed by atoms with Crippen LogP contribution in [0.2, 0.25) is 0 Å². The molecule has 12 heteroatoms. The molecule has 3 aliphatic heterocycles. The Kier molecular flexibility index (Phi) is 9.85. The van der Waals surface area contributed by atoms with Gasteiger partial charge in [0.05, 0.1) is 24.9 Å². The average molecular weight is 433 g/mol. The SMILES string of the molecule is CC1OC2(CCN(C)CC2)C2OCCOC12.O=C(O)/C=C\C(=O)O.O=C(O)C(=O)O. The van der Waals surface area contributed by atoms with E-state index < -0.39 is 23.9 Å². The van der Waals surface area contributed by atoms with Gasteiger partial charge in [0.15, 0.2) is 0 Å². The van der Waals surface area contributed by atoms with Crippen LogP contribution in [0.15, 0.2) is 12.2 Å². The first-order valence-electron chi connectivity index (χ1n) is 9.18. The minimum atomic E-state index is -1.82. The van der Waals surface area contributed by atoms with Crippen molar-refractivity contribution in [1.82, 2.24) is 4.90 Å². The Morgan fingerprint density at radius 3 is 1.80 bits per heavy atom. The standard InChI is InChI=1S/C12H21NO3.C4H4O4.C2H2O4/c1-9-10-11(15-8-7-14-10)12(16-9)3-5-13(2)6-4-12;5-3(6)1-2-4(7)8;3-1(4)2(5)6/h9-11H,3-8H2,1-2H3;1-2H,(H,5,6)(H,7,8);(H,3,4)(H,5,6)/b;2-1-;. The summed E-state index contributed by atoms with van der Waals surface area (Å²) in [5, 5.41) is 30.4. The number of nitrogens with zero attached hydrogens (tertiary/aromatic N) is 1. The predicted octanol–water partition coefficient (Wildman–Crippen LogP) is -0.479. The van der Waals surface area contributed by atoms with E-state index in [-0.39, 0.29) is 23.9 Å². The number of ether oxygens (including phenoxy) is 3. The molecule has 30 heavy (non-hydrogen) atoms. The summed E-state index contributed by atoms with van der Waals surface area (Å²) in [5.74, 6) is -6.16. The van der Waals surface area contributed by atoms with E-state index in [0.29, 0.717) is 18.8 Å². The van der Waals surface area contributed by atoms with Crippen molar-refractivity contribution in [3.05, 3.63) is 12.2 Å². The molecule has 0 bridgehead atoms. The average Bonchev–Trinajstić information content (AvgIpc) is 2.96. The van der Waals surface area contributed by atoms with Crippen LogP contribution in [0.3, 0.4) is 0 Å². The first-order chi connectivity index (χ1) is 14.0. The second-order valence-corrected chi connectivity index (χ2v) is 6.94. The Hall–Kier alpha value is -2.54. The fourth-order valence-corrected chi connectivity index (χ4v) is 3.42. The third-order valence-electron chi connectivity index (χ3n) is 4.78. The van der Waals surface area contributed by atoms with Gasteiger partial charge in [-0.3, -0.25) is 0 Å². The molecule has 3 fully saturated rings. The lowest BCUT2D eigenvalue weighted by molar-refractivity contribution is -0.163. The van der Waals surface area contributed by atoms with Gasteiger partial charge in [-0.15, -0.1) is 0 Å². The lowest BCUT2D eigenvalue weighted by Gasteiger charge is -2.42. The maximum absolute atomic E-state index is 9.55. The second-order valence-electron chi connectivity index (χ2n) is 6.94. The molecule has 3 unspecified atom stereocenters. The molecule has 0 aliphatic carbocycles. The van der Waals surface area contributed by atoms with Crippen LogP contribution in [0, 0.1) is 0 Å². The summed E-state index contributed by atoms with van der Waals surface area (Å²) in [4.78, 5) is 39.7. The van der Waals surface area contributed by atoms with E-state index in [2.05, 4.69) is 18.9 Å². The highest BCUT2D eigenvalue weighted by Gasteiger charge is 2.56. The quantitative estimate of drug-likeness (QED) is 0.325. The second kappa shape index (κ2) is 11.6. The van der Waals surface area contributed by atoms with Crippen molar-refractivity contribution in [3.63, 3.8) is 0 Å². The zero-order valence-corrected chi connectivity index (χ0v) is 16.7. The van der Waals surface area contributed by atoms with Crippen LogP contribution < -0.4 is 0 Å². The topological polar surface area (TPSA) is 180 Å². The molecule has 3 heterocycles. The molecule has 0 aromatic carbocycles. The number of aliphatic carboxylic acids is 4. The Labute approximate surface area is 172 Å². The van der Waals surface area contributed by atoms with Crippen molar-refractivity contribution in [1.29, 1.82) is 0 Å². The van der Waals surface area contributed by atoms with Gasteiger partial charge in [-0.05, 0) is 26.8 Å². The first kappa shape index (κ1) is 25.5. The molecule has 3 atom stereocenters. The van der Waals surface area contributed by atoms with Crippen molar-refractivity contribution in [2.45, 2.75) is 43.7 Å². The number of carboxylic acid groups (broad SMARTS) is 4. The van der Waals surface area contributed by atoms with Crippen LogP contribution in [0.4, 0.5) is 0 Å². The van der Waals surface area contributed by atoms with Gasteiger partial charge in [-0.1, -0.05) is 0 Å². The monoisotopic (exact) mass is 433 g/mol. The van der Waals surface area contributed by atoms with E-state index >= 15 is 0 Å². The van der Waals surface area contributed by atoms with E-state index in [1.165, 1.54) is 0 Å². The lowest BCUT2D eigenvalue weighted by Crippen LogP contribution is -2.54. The molecule has 3 aliphatic rings. The summed E-state index contributed by atoms with van der Waals surface area (Å²) in [7, 11) is 2.17. The molecule has 170 valence electrons. The van der Waals surface area contributed by atoms with Crippen LogP contribution >= 0.6 is 0 Å². The molecule has 0 saturated carbocycles. The summed E-state index contributed by atoms with van der Waals surface area (Å²) in [6.45, 7) is 5.73. The minimum Gasteiger partial charge on any atom is -0.478 e. The van der Waals surface area contributed by atoms with Crippen LogP contribution in [-0.4, -0.2) is 106 Å². The smallest absolute Gasteiger partial charge is 0.414 e. The molecule has 0 amide bonds. The van der Waals surface area contributed by atoms with Crippen LogP contribution in [-0.2, 0) is 33.4 Å². The van der Waals surface area contributed by atoms with Gasteiger partial charge >= 0.3 is 23.9 Å². The number of carboxylic acids is 4. The summed E-state index contributed by atoms with van der Waals surface area (Å²) in [6.07, 6.45) is 3.73. The molecule has 0 aromatic rings. The summed E-state index contributed by atoms with van der Waals surface area (Å²) < 4.78 is 17.9. The van der Waals surface area contributed by atoms with Crippen molar-refractivity contribution in [2.75, 3.05) is 33.4 Å². The van der Waals surface area contributed by atoms with Gasteiger partial charge in [-0.2, -0.15) is 0 Å². The molecule has 12 nitrogen and oxygen atoms in total. The van der Waals surface area contributed by atoms with Gasteiger partial charge in [-0.25, -0.2) is 19.2 Å². The zero-order valence-electron chi connectivity index (χ0n) is 16.7. The fourth-order valence-electron chi connectivity index (χ4n) is 3.42. The number of rotatable bonds is 2. The first-order valence-corrected chi connectivity index (χ1v) is 9.18. The molecule has 0 radical (unpaired) electrons. The van der Waals surface area contributed by atoms with Crippen LogP contribution in [0.25, 0.3) is 0 Å². The molecule has 3 saturated heterocycles. The van der Waals surface area contributed by atoms with Crippen LogP contribution in [0.5, 0.6) is 0 Å². The van der Waals surface area contributed by atoms with Gasteiger partial charge < -0.3 is 39.5 Å². The minimum absolute atomic E-state index is 0.0724. The highest BCUT2D eigenvalue weighted by Crippen LogP contribution is 2.43. The molecule has 4 N–H and O–H groups in total. The van der Waals surface area contributed by atoms with E-state index in [0.717, 1.165) is 32.5 Å². The highest BCUT2D eigenvalue weighted by atomic mass is 16.6. The summed E-state index contributed by atoms with van der Waals surface area (Å²) >= 11 is 0. The van der Waals surface area contributed by atoms with Gasteiger partial charge in [0.1, 0.15) is 12.2 Å². The fraction of sp³-hybridized carbons (Fsp3) is 0.667. The molecular weight excluding hydrogens is 406 g/mol. The van der Waals surface area contributed by atoms with Gasteiger partial charge in [0.25, 0.3) is 0 Å². The number of carbonyl (C=O) groups is 4. The Morgan fingerprint density at radius 1 is 0.900 bits per heavy atom. The van der Waals surface area contributed by atoms with Crippen LogP contribution in [0.1, 0.15) is 19.8 Å². The normalized spacial score (nSPS) is 27.2. The van der Waals surface area contributed by atoms with Crippen molar-refractivity contribution >= 4 is 23.9 Å². The van der Waals surface area contributed by atoms with Gasteiger partial charge in [0, 0.05) is 25.2 Å². The highest BCUT2D eigenvalue weighted by molar-refractivity contribution is 6.27.